The average Bonchev–Trinajstić information content (AvgIpc) is 3.09. The monoisotopic (exact) mass is 415 g/mol. The third-order valence-corrected chi connectivity index (χ3v) is 7.49. The Balaban J connectivity index is 1.27. The molecule has 28 heavy (non-hydrogen) atoms. The van der Waals surface area contributed by atoms with Crippen molar-refractivity contribution < 1.29 is 9.21 Å². The van der Waals surface area contributed by atoms with Crippen LogP contribution in [0.5, 0.6) is 0 Å². The molecule has 6 rings (SSSR count). The Kier molecular flexibility index (Phi) is 4.56. The molecule has 4 fully saturated rings. The highest BCUT2D eigenvalue weighted by Gasteiger charge is 2.51. The van der Waals surface area contributed by atoms with Crippen LogP contribution >= 0.6 is 23.2 Å². The predicted molar refractivity (Wildman–Crippen MR) is 112 cm³/mol. The quantitative estimate of drug-likeness (QED) is 0.590. The van der Waals surface area contributed by atoms with Crippen molar-refractivity contribution in [2.45, 2.75) is 44.1 Å². The number of benzene rings is 1. The first-order valence-corrected chi connectivity index (χ1v) is 10.8. The molecule has 4 bridgehead atoms. The topological polar surface area (TPSA) is 42.2 Å². The van der Waals surface area contributed by atoms with Crippen molar-refractivity contribution in [2.24, 2.45) is 17.8 Å². The number of hydrogen-bond acceptors (Lipinski definition) is 2. The van der Waals surface area contributed by atoms with Crippen LogP contribution in [0.4, 0.5) is 0 Å². The number of furan rings is 1. The SMILES string of the molecule is O=C(C=Cc1ccc(-c2cccc(Cl)c2Cl)o1)NC12CC3CC(CC(C3)C1)C2. The Morgan fingerprint density at radius 2 is 1.71 bits per heavy atom. The lowest BCUT2D eigenvalue weighted by atomic mass is 9.53. The lowest BCUT2D eigenvalue weighted by Gasteiger charge is -2.56. The number of rotatable bonds is 4. The third-order valence-electron chi connectivity index (χ3n) is 6.67. The van der Waals surface area contributed by atoms with Crippen LogP contribution in [0, 0.1) is 17.8 Å². The molecule has 4 aliphatic carbocycles. The molecule has 1 N–H and O–H groups in total. The summed E-state index contributed by atoms with van der Waals surface area (Å²) in [6.07, 6.45) is 10.9. The summed E-state index contributed by atoms with van der Waals surface area (Å²) in [6.45, 7) is 0. The summed E-state index contributed by atoms with van der Waals surface area (Å²) in [5, 5.41) is 4.30. The van der Waals surface area contributed by atoms with E-state index in [4.69, 9.17) is 27.6 Å². The zero-order valence-electron chi connectivity index (χ0n) is 15.6. The number of amides is 1. The van der Waals surface area contributed by atoms with Crippen LogP contribution in [0.2, 0.25) is 10.0 Å². The summed E-state index contributed by atoms with van der Waals surface area (Å²) in [4.78, 5) is 12.6. The summed E-state index contributed by atoms with van der Waals surface area (Å²) < 4.78 is 5.84. The Labute approximate surface area is 175 Å². The van der Waals surface area contributed by atoms with Crippen molar-refractivity contribution >= 4 is 35.2 Å². The molecule has 4 saturated carbocycles. The van der Waals surface area contributed by atoms with E-state index < -0.39 is 0 Å². The number of nitrogens with one attached hydrogen (secondary N) is 1. The van der Waals surface area contributed by atoms with Crippen LogP contribution in [0.25, 0.3) is 17.4 Å². The van der Waals surface area contributed by atoms with Gasteiger partial charge in [0, 0.05) is 17.2 Å². The van der Waals surface area contributed by atoms with Crippen molar-refractivity contribution in [1.82, 2.24) is 5.32 Å². The Bertz CT molecular complexity index is 911. The van der Waals surface area contributed by atoms with Gasteiger partial charge in [-0.3, -0.25) is 4.79 Å². The minimum absolute atomic E-state index is 0.0266. The zero-order valence-corrected chi connectivity index (χ0v) is 17.1. The molecule has 1 heterocycles. The molecule has 1 aromatic carbocycles. The second-order valence-electron chi connectivity index (χ2n) is 8.82. The van der Waals surface area contributed by atoms with Gasteiger partial charge < -0.3 is 9.73 Å². The second kappa shape index (κ2) is 6.96. The van der Waals surface area contributed by atoms with Crippen molar-refractivity contribution in [1.29, 1.82) is 0 Å². The smallest absolute Gasteiger partial charge is 0.244 e. The fourth-order valence-corrected chi connectivity index (χ4v) is 6.40. The van der Waals surface area contributed by atoms with Gasteiger partial charge in [-0.1, -0.05) is 29.3 Å². The van der Waals surface area contributed by atoms with Gasteiger partial charge >= 0.3 is 0 Å². The first kappa shape index (κ1) is 18.3. The van der Waals surface area contributed by atoms with E-state index in [1.54, 1.807) is 18.2 Å². The van der Waals surface area contributed by atoms with Gasteiger partial charge in [-0.25, -0.2) is 0 Å². The lowest BCUT2D eigenvalue weighted by Crippen LogP contribution is -2.59. The largest absolute Gasteiger partial charge is 0.457 e. The van der Waals surface area contributed by atoms with Crippen LogP contribution in [-0.4, -0.2) is 11.4 Å². The van der Waals surface area contributed by atoms with Crippen molar-refractivity contribution in [2.75, 3.05) is 0 Å². The van der Waals surface area contributed by atoms with Crippen LogP contribution in [0.3, 0.4) is 0 Å². The van der Waals surface area contributed by atoms with E-state index in [9.17, 15) is 4.79 Å². The molecule has 146 valence electrons. The molecule has 0 atom stereocenters. The number of hydrogen-bond donors (Lipinski definition) is 1. The molecule has 0 radical (unpaired) electrons. The van der Waals surface area contributed by atoms with Gasteiger partial charge in [-0.2, -0.15) is 0 Å². The van der Waals surface area contributed by atoms with Gasteiger partial charge in [-0.15, -0.1) is 0 Å². The molecule has 1 aromatic heterocycles. The first-order chi connectivity index (χ1) is 13.5. The van der Waals surface area contributed by atoms with E-state index in [-0.39, 0.29) is 11.4 Å². The lowest BCUT2D eigenvalue weighted by molar-refractivity contribution is -0.122. The summed E-state index contributed by atoms with van der Waals surface area (Å²) >= 11 is 12.3. The number of carbonyl (C=O) groups excluding carboxylic acids is 1. The van der Waals surface area contributed by atoms with E-state index in [0.29, 0.717) is 21.6 Å². The molecule has 0 unspecified atom stereocenters. The van der Waals surface area contributed by atoms with E-state index in [1.807, 2.05) is 24.3 Å². The van der Waals surface area contributed by atoms with E-state index >= 15 is 0 Å². The first-order valence-electron chi connectivity index (χ1n) is 10.0. The molecule has 0 aliphatic heterocycles. The standard InChI is InChI=1S/C23H23Cl2NO2/c24-19-3-1-2-18(22(19)25)20-6-4-17(28-20)5-7-21(27)26-23-11-14-8-15(12-23)10-16(9-14)13-23/h1-7,14-16H,8-13H2,(H,26,27). The van der Waals surface area contributed by atoms with Gasteiger partial charge in [0.05, 0.1) is 10.0 Å². The minimum atomic E-state index is -0.0271. The predicted octanol–water partition coefficient (Wildman–Crippen LogP) is 6.35. The zero-order chi connectivity index (χ0) is 19.3. The Hall–Kier alpha value is -1.71. The number of halogens is 2. The third kappa shape index (κ3) is 3.40. The van der Waals surface area contributed by atoms with Gasteiger partial charge in [-0.05, 0) is 86.6 Å². The highest BCUT2D eigenvalue weighted by Crippen LogP contribution is 2.55. The van der Waals surface area contributed by atoms with Crippen LogP contribution in [0.15, 0.2) is 40.8 Å². The van der Waals surface area contributed by atoms with Crippen LogP contribution < -0.4 is 5.32 Å². The van der Waals surface area contributed by atoms with Crippen molar-refractivity contribution in [3.63, 3.8) is 0 Å². The van der Waals surface area contributed by atoms with Crippen molar-refractivity contribution in [3.8, 4) is 11.3 Å². The summed E-state index contributed by atoms with van der Waals surface area (Å²) in [5.41, 5.74) is 0.769. The minimum Gasteiger partial charge on any atom is -0.457 e. The molecular formula is C23H23Cl2NO2. The molecule has 1 amide bonds. The fourth-order valence-electron chi connectivity index (χ4n) is 6.01. The maximum absolute atomic E-state index is 12.6. The molecule has 5 heteroatoms. The van der Waals surface area contributed by atoms with Crippen LogP contribution in [-0.2, 0) is 4.79 Å². The Morgan fingerprint density at radius 1 is 1.04 bits per heavy atom. The number of carbonyl (C=O) groups is 1. The molecule has 3 nitrogen and oxygen atoms in total. The summed E-state index contributed by atoms with van der Waals surface area (Å²) in [6, 6.07) is 9.11. The average molecular weight is 416 g/mol. The fraction of sp³-hybridized carbons (Fsp3) is 0.435. The van der Waals surface area contributed by atoms with Crippen molar-refractivity contribution in [3.05, 3.63) is 52.2 Å². The molecular weight excluding hydrogens is 393 g/mol. The van der Waals surface area contributed by atoms with Gasteiger partial charge in [0.1, 0.15) is 11.5 Å². The Morgan fingerprint density at radius 3 is 2.39 bits per heavy atom. The molecule has 4 aliphatic rings. The van der Waals surface area contributed by atoms with Crippen LogP contribution in [0.1, 0.15) is 44.3 Å². The normalized spacial score (nSPS) is 30.9. The van der Waals surface area contributed by atoms with Gasteiger partial charge in [0.2, 0.25) is 5.91 Å². The summed E-state index contributed by atoms with van der Waals surface area (Å²) in [7, 11) is 0. The maximum atomic E-state index is 12.6. The molecule has 0 spiro atoms. The van der Waals surface area contributed by atoms with E-state index in [0.717, 1.165) is 42.6 Å². The van der Waals surface area contributed by atoms with E-state index in [2.05, 4.69) is 5.32 Å². The van der Waals surface area contributed by atoms with E-state index in [1.165, 1.54) is 19.3 Å². The second-order valence-corrected chi connectivity index (χ2v) is 9.61. The van der Waals surface area contributed by atoms with Gasteiger partial charge in [0.15, 0.2) is 0 Å². The highest BCUT2D eigenvalue weighted by molar-refractivity contribution is 6.43. The maximum Gasteiger partial charge on any atom is 0.244 e. The summed E-state index contributed by atoms with van der Waals surface area (Å²) in [5.74, 6) is 3.66. The molecule has 2 aromatic rings. The van der Waals surface area contributed by atoms with Gasteiger partial charge in [0.25, 0.3) is 0 Å². The molecule has 0 saturated heterocycles. The highest BCUT2D eigenvalue weighted by atomic mass is 35.5.